The lowest BCUT2D eigenvalue weighted by molar-refractivity contribution is -0.201. The highest BCUT2D eigenvalue weighted by Crippen LogP contribution is 2.74. The molecule has 14 aliphatic rings. The van der Waals surface area contributed by atoms with E-state index in [1.54, 1.807) is 43.4 Å². The van der Waals surface area contributed by atoms with Gasteiger partial charge in [-0.15, -0.1) is 0 Å². The van der Waals surface area contributed by atoms with Crippen molar-refractivity contribution in [2.45, 2.75) is 249 Å². The van der Waals surface area contributed by atoms with Crippen molar-refractivity contribution in [3.63, 3.8) is 0 Å². The summed E-state index contributed by atoms with van der Waals surface area (Å²) < 4.78 is 31.8. The lowest BCUT2D eigenvalue weighted by Gasteiger charge is -2.59. The van der Waals surface area contributed by atoms with Crippen LogP contribution in [0, 0.1) is 85.8 Å². The second-order valence-electron chi connectivity index (χ2n) is 43.6. The Morgan fingerprint density at radius 3 is 1.18 bits per heavy atom. The van der Waals surface area contributed by atoms with Gasteiger partial charge in [0.25, 0.3) is 0 Å². The lowest BCUT2D eigenvalue weighted by Crippen LogP contribution is -2.63. The van der Waals surface area contributed by atoms with E-state index in [0.29, 0.717) is 31.2 Å². The first-order valence-corrected chi connectivity index (χ1v) is 49.0. The molecular formula is C113H133N3O21. The Kier molecular flexibility index (Phi) is 27.1. The van der Waals surface area contributed by atoms with Crippen molar-refractivity contribution in [2.24, 2.45) is 85.8 Å². The third-order valence-electron chi connectivity index (χ3n) is 35.1. The summed E-state index contributed by atoms with van der Waals surface area (Å²) in [6.07, 6.45) is 22.6. The van der Waals surface area contributed by atoms with E-state index >= 15 is 0 Å². The first-order chi connectivity index (χ1) is 65.1. The number of nitrogen functional groups attached to an aromatic ring is 2. The molecule has 13 N–H and O–H groups in total. The number of rotatable bonds is 19. The zero-order chi connectivity index (χ0) is 97.7. The fourth-order valence-corrected chi connectivity index (χ4v) is 28.7. The molecular weight excluding hydrogens is 1740 g/mol. The number of aldehydes is 1. The highest BCUT2D eigenvalue weighted by atomic mass is 16.8. The lowest BCUT2D eigenvalue weighted by atomic mass is 9.46. The number of carbonyl (C=O) groups excluding carboxylic acids is 8. The molecule has 24 heteroatoms. The SMILES string of the molecule is CC(C)(C)OC(=O)Nc1cccc(CCc2ccc(C=O)cc2)c1.C[C@]12C=CC(=O)C=C1CC[C@@H]1[C@@H]2[C@@H](O)C[C@@]2(C)[C@H]1C[C@@H](O)[C@]2(O)C(=O)CO.C[C@]12C=CC(=O)C=C1CC[C@@H]1[C@@H]2[C@@H](O)C[C@@]2(C)[C@H]1C[C@H]1O[C@@H](c3ccc(CCc4cccc(N)c4)cc3)O[C@]12C(=O)CO.C[C@]12C=CC(=O)C=C1CC[C@@H]1[C@@H]2[C@@H](O)C[C@@]2(C)[C@H]1C[C@H]1O[C@H](c3ccc(CCc4cccc(N)c4)cc3)O[C@]12C(=O)CO. The summed E-state index contributed by atoms with van der Waals surface area (Å²) in [5.41, 5.74) is 17.8. The van der Waals surface area contributed by atoms with E-state index in [-0.39, 0.29) is 95.0 Å². The number of benzene rings is 6. The summed E-state index contributed by atoms with van der Waals surface area (Å²) in [7, 11) is 0. The van der Waals surface area contributed by atoms with Crippen molar-refractivity contribution in [3.8, 4) is 0 Å². The molecule has 12 aliphatic carbocycles. The number of carbonyl (C=O) groups is 8. The number of aryl methyl sites for hydroxylation is 6. The molecule has 0 radical (unpaired) electrons. The van der Waals surface area contributed by atoms with Crippen LogP contribution >= 0.6 is 0 Å². The molecule has 0 spiro atoms. The third kappa shape index (κ3) is 17.4. The number of nitrogens with two attached hydrogens (primary N) is 2. The molecule has 726 valence electrons. The van der Waals surface area contributed by atoms with Crippen molar-refractivity contribution in [1.82, 2.24) is 0 Å². The van der Waals surface area contributed by atoms with Crippen LogP contribution in [0.3, 0.4) is 0 Å². The van der Waals surface area contributed by atoms with Gasteiger partial charge in [0.05, 0.1) is 36.6 Å². The second kappa shape index (κ2) is 37.8. The van der Waals surface area contributed by atoms with E-state index in [4.69, 9.17) is 35.2 Å². The van der Waals surface area contributed by atoms with Crippen LogP contribution in [-0.2, 0) is 91.0 Å². The molecule has 2 saturated heterocycles. The van der Waals surface area contributed by atoms with Crippen LogP contribution in [0.4, 0.5) is 21.9 Å². The van der Waals surface area contributed by atoms with E-state index in [9.17, 15) is 79.2 Å². The molecule has 0 aromatic heterocycles. The predicted octanol–water partition coefficient (Wildman–Crippen LogP) is 14.5. The largest absolute Gasteiger partial charge is 0.444 e. The molecule has 9 saturated carbocycles. The van der Waals surface area contributed by atoms with Crippen LogP contribution in [0.5, 0.6) is 0 Å². The van der Waals surface area contributed by atoms with Gasteiger partial charge in [0.1, 0.15) is 31.7 Å². The smallest absolute Gasteiger partial charge is 0.412 e. The minimum absolute atomic E-state index is 0.00575. The van der Waals surface area contributed by atoms with Crippen molar-refractivity contribution in [2.75, 3.05) is 36.6 Å². The average Bonchev–Trinajstić information content (AvgIpc) is 1.53. The molecule has 6 aromatic rings. The van der Waals surface area contributed by atoms with E-state index in [2.05, 4.69) is 69.4 Å². The Bertz CT molecular complexity index is 5630. The Hall–Kier alpha value is -10.2. The minimum atomic E-state index is -2.05. The highest BCUT2D eigenvalue weighted by Gasteiger charge is 2.79. The number of Topliss-reactive ketones (excluding diaryl/α,β-unsaturated/α-hetero) is 3. The standard InChI is InChI=1S/2C36H41NO6.C21H28O6.C20H23NO3/c2*1-34-15-14-26(39)17-24(34)12-13-27-28-18-31-36(30(41)20-38,35(28,2)19-29(40)32(27)34)43-33(42-31)23-10-8-21(9-11-23)6-7-22-4-3-5-25(37)16-22;1-19-6-5-12(23)7-11(19)3-4-13-14-8-16(25)21(27,17(26)10-22)20(14,2)9-15(24)18(13)19;1-20(2,3)24-19(23)21-18-6-4-5-16(13-18)10-7-15-8-11-17(14-22)12-9-15/h2*3-5,8-11,14-17,27-29,31-33,38,40H,6-7,12-13,18-20,37H2,1-2H3;5-7,13-16,18,22,24-25,27H,3-4,8-10H2,1-2H3;4-6,8-9,11-14H,7,10H2,1-3H3,(H,21,23)/t27-,28-,29-,31+,32+,33+,34-,35-,36+;27-,28-,29-,31+,32+,33-,34-,35-,36+;13-,14-,15-,16+,18+,19-,20-,21-;/m000./s1. The van der Waals surface area contributed by atoms with Crippen LogP contribution in [0.25, 0.3) is 0 Å². The maximum atomic E-state index is 13.7. The first-order valence-electron chi connectivity index (χ1n) is 49.0. The first kappa shape index (κ1) is 98.4. The third-order valence-corrected chi connectivity index (χ3v) is 35.1. The van der Waals surface area contributed by atoms with Gasteiger partial charge in [-0.3, -0.25) is 38.9 Å². The molecule has 24 nitrogen and oxygen atoms in total. The Morgan fingerprint density at radius 2 is 0.810 bits per heavy atom. The van der Waals surface area contributed by atoms with Gasteiger partial charge in [0.2, 0.25) is 0 Å². The van der Waals surface area contributed by atoms with E-state index in [1.165, 1.54) is 27.8 Å². The van der Waals surface area contributed by atoms with E-state index in [0.717, 1.165) is 134 Å². The molecule has 1 amide bonds. The minimum Gasteiger partial charge on any atom is -0.444 e. The number of ketones is 6. The number of hydrogen-bond donors (Lipinski definition) is 11. The number of anilines is 3. The number of nitrogens with one attached hydrogen (secondary N) is 1. The number of amides is 1. The second-order valence-corrected chi connectivity index (χ2v) is 43.6. The maximum Gasteiger partial charge on any atom is 0.412 e. The van der Waals surface area contributed by atoms with Gasteiger partial charge >= 0.3 is 6.09 Å². The topological polar surface area (TPSA) is 409 Å². The summed E-state index contributed by atoms with van der Waals surface area (Å²) in [6, 6.07) is 47.4. The molecule has 137 heavy (non-hydrogen) atoms. The monoisotopic (exact) mass is 1870 g/mol. The van der Waals surface area contributed by atoms with Gasteiger partial charge in [-0.25, -0.2) is 4.79 Å². The number of allylic oxidation sites excluding steroid dienone is 12. The maximum absolute atomic E-state index is 13.7. The molecule has 20 rings (SSSR count). The molecule has 11 fully saturated rings. The summed E-state index contributed by atoms with van der Waals surface area (Å²) in [4.78, 5) is 98.5. The number of hydrogen-bond acceptors (Lipinski definition) is 23. The summed E-state index contributed by atoms with van der Waals surface area (Å²) >= 11 is 0. The summed E-state index contributed by atoms with van der Waals surface area (Å²) in [5.74, 6) is -1.55. The average molecular weight is 1870 g/mol. The Morgan fingerprint density at radius 1 is 0.460 bits per heavy atom. The van der Waals surface area contributed by atoms with Crippen molar-refractivity contribution in [3.05, 3.63) is 267 Å². The number of fused-ring (bicyclic) bond motifs is 19. The van der Waals surface area contributed by atoms with Gasteiger partial charge in [-0.1, -0.05) is 186 Å². The quantitative estimate of drug-likeness (QED) is 0.0265. The van der Waals surface area contributed by atoms with Crippen LogP contribution in [0.15, 0.2) is 217 Å². The van der Waals surface area contributed by atoms with Gasteiger partial charge < -0.3 is 76.0 Å². The van der Waals surface area contributed by atoms with E-state index in [1.807, 2.05) is 155 Å². The van der Waals surface area contributed by atoms with E-state index < -0.39 is 136 Å². The number of aliphatic hydroxyl groups is 8. The fraction of sp³-hybridized carbons (Fsp3) is 0.504. The van der Waals surface area contributed by atoms with Crippen LogP contribution in [-0.4, -0.2) is 167 Å². The zero-order valence-corrected chi connectivity index (χ0v) is 79.8. The Balaban J connectivity index is 0.000000131. The summed E-state index contributed by atoms with van der Waals surface area (Å²) in [6.45, 7) is 15.6. The predicted molar refractivity (Wildman–Crippen MR) is 515 cm³/mol. The van der Waals surface area contributed by atoms with Crippen LogP contribution in [0.1, 0.15) is 207 Å². The van der Waals surface area contributed by atoms with Crippen LogP contribution < -0.4 is 16.8 Å². The van der Waals surface area contributed by atoms with Crippen LogP contribution in [0.2, 0.25) is 0 Å². The molecule has 0 unspecified atom stereocenters. The molecule has 6 aromatic carbocycles. The van der Waals surface area contributed by atoms with Crippen molar-refractivity contribution in [1.29, 1.82) is 0 Å². The Labute approximate surface area is 801 Å². The van der Waals surface area contributed by atoms with Crippen molar-refractivity contribution >= 4 is 64.1 Å². The normalized spacial score (nSPS) is 36.8. The van der Waals surface area contributed by atoms with Gasteiger partial charge in [-0.2, -0.15) is 0 Å². The van der Waals surface area contributed by atoms with Gasteiger partial charge in [0, 0.05) is 84.0 Å². The molecule has 2 aliphatic heterocycles. The number of ether oxygens (including phenoxy) is 5. The highest BCUT2D eigenvalue weighted by molar-refractivity contribution is 6.02. The van der Waals surface area contributed by atoms with Gasteiger partial charge in [-0.05, 0) is 278 Å². The van der Waals surface area contributed by atoms with Gasteiger partial charge in [0.15, 0.2) is 64.1 Å². The summed E-state index contributed by atoms with van der Waals surface area (Å²) in [5, 5.41) is 89.1. The zero-order valence-electron chi connectivity index (χ0n) is 79.8. The number of aliphatic hydroxyl groups excluding tert-OH is 7. The molecule has 0 bridgehead atoms. The fourth-order valence-electron chi connectivity index (χ4n) is 28.7. The van der Waals surface area contributed by atoms with Crippen molar-refractivity contribution < 1.29 is 103 Å². The molecule has 26 atom stereocenters. The molecule has 2 heterocycles.